The van der Waals surface area contributed by atoms with Crippen LogP contribution in [-0.2, 0) is 10.8 Å². The maximum atomic E-state index is 12.6. The predicted octanol–water partition coefficient (Wildman–Crippen LogP) is 2.39. The first-order valence-electron chi connectivity index (χ1n) is 7.00. The molecular formula is C15H12F3N3O3S. The van der Waals surface area contributed by atoms with Crippen LogP contribution in [0.25, 0.3) is 16.7 Å². The Balaban J connectivity index is 2.04. The van der Waals surface area contributed by atoms with Crippen LogP contribution in [0.4, 0.5) is 13.2 Å². The second-order valence-electron chi connectivity index (χ2n) is 5.13. The lowest BCUT2D eigenvalue weighted by Crippen LogP contribution is -2.24. The van der Waals surface area contributed by atoms with Gasteiger partial charge >= 0.3 is 6.18 Å². The quantitative estimate of drug-likeness (QED) is 0.715. The van der Waals surface area contributed by atoms with Gasteiger partial charge in [0.2, 0.25) is 5.16 Å². The zero-order chi connectivity index (χ0) is 18.2. The number of halogens is 3. The highest BCUT2D eigenvalue weighted by Crippen LogP contribution is 2.21. The smallest absolute Gasteiger partial charge is 0.422 e. The highest BCUT2D eigenvalue weighted by molar-refractivity contribution is 7.84. The van der Waals surface area contributed by atoms with Gasteiger partial charge in [-0.2, -0.15) is 13.2 Å². The summed E-state index contributed by atoms with van der Waals surface area (Å²) in [6.45, 7) is -1.41. The van der Waals surface area contributed by atoms with Crippen molar-refractivity contribution in [3.8, 4) is 11.4 Å². The molecule has 132 valence electrons. The number of hydrogen-bond acceptors (Lipinski definition) is 4. The molecular weight excluding hydrogens is 359 g/mol. The molecule has 0 saturated heterocycles. The maximum absolute atomic E-state index is 12.6. The van der Waals surface area contributed by atoms with Crippen LogP contribution in [0.5, 0.6) is 5.75 Å². The Bertz CT molecular complexity index is 993. The number of H-pyrrole nitrogens is 1. The molecule has 0 aliphatic heterocycles. The van der Waals surface area contributed by atoms with Gasteiger partial charge in [-0.3, -0.25) is 13.6 Å². The Hall–Kier alpha value is -2.62. The molecule has 1 atom stereocenters. The van der Waals surface area contributed by atoms with E-state index >= 15 is 0 Å². The molecule has 2 aromatic heterocycles. The van der Waals surface area contributed by atoms with E-state index in [9.17, 15) is 22.2 Å². The number of nitrogens with zero attached hydrogens (tertiary/aromatic N) is 2. The van der Waals surface area contributed by atoms with Crippen LogP contribution < -0.4 is 10.3 Å². The number of aromatic amines is 1. The Morgan fingerprint density at radius 1 is 1.24 bits per heavy atom. The van der Waals surface area contributed by atoms with Crippen molar-refractivity contribution in [3.05, 3.63) is 46.9 Å². The number of hydrogen-bond donors (Lipinski definition) is 1. The molecule has 0 bridgehead atoms. The first-order valence-corrected chi connectivity index (χ1v) is 8.55. The first kappa shape index (κ1) is 17.2. The molecule has 0 saturated carbocycles. The summed E-state index contributed by atoms with van der Waals surface area (Å²) in [5.41, 5.74) is 0.210. The molecule has 0 fully saturated rings. The van der Waals surface area contributed by atoms with Crippen LogP contribution in [0.1, 0.15) is 0 Å². The van der Waals surface area contributed by atoms with Gasteiger partial charge in [-0.05, 0) is 30.3 Å². The van der Waals surface area contributed by atoms with Crippen molar-refractivity contribution in [1.82, 2.24) is 14.5 Å². The lowest BCUT2D eigenvalue weighted by atomic mass is 10.3. The van der Waals surface area contributed by atoms with Crippen LogP contribution in [0.2, 0.25) is 0 Å². The van der Waals surface area contributed by atoms with Gasteiger partial charge in [0.25, 0.3) is 5.56 Å². The van der Waals surface area contributed by atoms with E-state index in [2.05, 4.69) is 14.7 Å². The number of rotatable bonds is 4. The van der Waals surface area contributed by atoms with Crippen molar-refractivity contribution < 1.29 is 22.1 Å². The normalized spacial score (nSPS) is 13.1. The zero-order valence-electron chi connectivity index (χ0n) is 12.8. The zero-order valence-corrected chi connectivity index (χ0v) is 13.6. The Morgan fingerprint density at radius 2 is 1.92 bits per heavy atom. The van der Waals surface area contributed by atoms with Crippen LogP contribution in [0, 0.1) is 0 Å². The molecule has 1 unspecified atom stereocenters. The fourth-order valence-electron chi connectivity index (χ4n) is 2.26. The monoisotopic (exact) mass is 371 g/mol. The number of alkyl halides is 3. The molecule has 10 heteroatoms. The lowest BCUT2D eigenvalue weighted by molar-refractivity contribution is -0.153. The third-order valence-corrected chi connectivity index (χ3v) is 4.10. The standard InChI is InChI=1S/C15H12F3N3O3S/c1-25(23)14-20-12-11(6-7-19-12)13(22)21(14)9-2-4-10(5-3-9)24-8-15(16,17)18/h2-7,19H,8H2,1H3. The number of ether oxygens (including phenoxy) is 1. The van der Waals surface area contributed by atoms with Crippen molar-refractivity contribution in [3.63, 3.8) is 0 Å². The van der Waals surface area contributed by atoms with Gasteiger partial charge in [0.05, 0.1) is 21.9 Å². The molecule has 0 aliphatic rings. The minimum absolute atomic E-state index is 0.00368. The predicted molar refractivity (Wildman–Crippen MR) is 85.6 cm³/mol. The van der Waals surface area contributed by atoms with E-state index in [1.807, 2.05) is 0 Å². The molecule has 0 radical (unpaired) electrons. The molecule has 1 N–H and O–H groups in total. The third kappa shape index (κ3) is 3.58. The van der Waals surface area contributed by atoms with E-state index in [-0.39, 0.29) is 10.9 Å². The summed E-state index contributed by atoms with van der Waals surface area (Å²) < 4.78 is 54.3. The lowest BCUT2D eigenvalue weighted by Gasteiger charge is -2.12. The fourth-order valence-corrected chi connectivity index (χ4v) is 2.92. The number of aromatic nitrogens is 3. The van der Waals surface area contributed by atoms with Crippen LogP contribution in [-0.4, -0.2) is 37.8 Å². The molecule has 2 heterocycles. The second-order valence-corrected chi connectivity index (χ2v) is 6.40. The van der Waals surface area contributed by atoms with Gasteiger partial charge in [-0.15, -0.1) is 0 Å². The minimum Gasteiger partial charge on any atom is -0.484 e. The summed E-state index contributed by atoms with van der Waals surface area (Å²) in [6.07, 6.45) is -1.52. The van der Waals surface area contributed by atoms with Crippen molar-refractivity contribution in [2.24, 2.45) is 0 Å². The van der Waals surface area contributed by atoms with Gasteiger partial charge in [-0.1, -0.05) is 0 Å². The van der Waals surface area contributed by atoms with Crippen molar-refractivity contribution in [2.45, 2.75) is 11.3 Å². The van der Waals surface area contributed by atoms with Crippen LogP contribution in [0.15, 0.2) is 46.5 Å². The van der Waals surface area contributed by atoms with Crippen molar-refractivity contribution in [1.29, 1.82) is 0 Å². The second kappa shape index (κ2) is 6.36. The molecule has 6 nitrogen and oxygen atoms in total. The molecule has 0 spiro atoms. The van der Waals surface area contributed by atoms with Gasteiger partial charge in [0.1, 0.15) is 11.4 Å². The van der Waals surface area contributed by atoms with E-state index in [1.54, 1.807) is 12.3 Å². The average molecular weight is 371 g/mol. The Labute approximate surface area is 141 Å². The van der Waals surface area contributed by atoms with E-state index < -0.39 is 29.1 Å². The van der Waals surface area contributed by atoms with Gasteiger partial charge < -0.3 is 9.72 Å². The van der Waals surface area contributed by atoms with Gasteiger partial charge in [0, 0.05) is 12.5 Å². The first-order chi connectivity index (χ1) is 11.8. The number of nitrogens with one attached hydrogen (secondary N) is 1. The largest absolute Gasteiger partial charge is 0.484 e. The van der Waals surface area contributed by atoms with Crippen LogP contribution in [0.3, 0.4) is 0 Å². The van der Waals surface area contributed by atoms with E-state index in [4.69, 9.17) is 0 Å². The van der Waals surface area contributed by atoms with Gasteiger partial charge in [-0.25, -0.2) is 4.98 Å². The molecule has 3 rings (SSSR count). The summed E-state index contributed by atoms with van der Waals surface area (Å²) in [6, 6.07) is 6.96. The molecule has 3 aromatic rings. The molecule has 1 aromatic carbocycles. The molecule has 25 heavy (non-hydrogen) atoms. The minimum atomic E-state index is -4.44. The SMILES string of the molecule is CS(=O)c1nc2[nH]ccc2c(=O)n1-c1ccc(OCC(F)(F)F)cc1. The highest BCUT2D eigenvalue weighted by Gasteiger charge is 2.28. The summed E-state index contributed by atoms with van der Waals surface area (Å²) >= 11 is 0. The summed E-state index contributed by atoms with van der Waals surface area (Å²) in [5, 5.41) is 0.343. The van der Waals surface area contributed by atoms with Gasteiger partial charge in [0.15, 0.2) is 6.61 Å². The van der Waals surface area contributed by atoms with Crippen LogP contribution >= 0.6 is 0 Å². The topological polar surface area (TPSA) is 77.0 Å². The number of fused-ring (bicyclic) bond motifs is 1. The number of benzene rings is 1. The fraction of sp³-hybridized carbons (Fsp3) is 0.200. The van der Waals surface area contributed by atoms with E-state index in [0.717, 1.165) is 0 Å². The van der Waals surface area contributed by atoms with Crippen molar-refractivity contribution in [2.75, 3.05) is 12.9 Å². The maximum Gasteiger partial charge on any atom is 0.422 e. The van der Waals surface area contributed by atoms with E-state index in [0.29, 0.717) is 16.7 Å². The van der Waals surface area contributed by atoms with Crippen molar-refractivity contribution >= 4 is 21.8 Å². The summed E-state index contributed by atoms with van der Waals surface area (Å²) in [7, 11) is -1.56. The molecule has 0 aliphatic carbocycles. The highest BCUT2D eigenvalue weighted by atomic mass is 32.2. The average Bonchev–Trinajstić information content (AvgIpc) is 3.01. The summed E-state index contributed by atoms with van der Waals surface area (Å²) in [5.74, 6) is 0.00368. The third-order valence-electron chi connectivity index (χ3n) is 3.31. The van der Waals surface area contributed by atoms with E-state index in [1.165, 1.54) is 35.1 Å². The summed E-state index contributed by atoms with van der Waals surface area (Å²) in [4.78, 5) is 19.6. The Morgan fingerprint density at radius 3 is 2.52 bits per heavy atom. The molecule has 0 amide bonds. The Kier molecular flexibility index (Phi) is 4.38.